The third-order valence-corrected chi connectivity index (χ3v) is 5.91. The van der Waals surface area contributed by atoms with Crippen molar-refractivity contribution in [3.63, 3.8) is 0 Å². The predicted octanol–water partition coefficient (Wildman–Crippen LogP) is 5.40. The summed E-state index contributed by atoms with van der Waals surface area (Å²) in [7, 11) is 0. The lowest BCUT2D eigenvalue weighted by Gasteiger charge is -2.20. The molecule has 1 N–H and O–H groups in total. The maximum Gasteiger partial charge on any atom is 0.165 e. The fraction of sp³-hybridized carbons (Fsp3) is 0.435. The van der Waals surface area contributed by atoms with E-state index in [0.717, 1.165) is 66.0 Å². The Labute approximate surface area is 178 Å². The van der Waals surface area contributed by atoms with E-state index in [1.165, 1.54) is 11.3 Å². The first-order chi connectivity index (χ1) is 13.6. The highest BCUT2D eigenvalue weighted by Crippen LogP contribution is 2.36. The highest BCUT2D eigenvalue weighted by molar-refractivity contribution is 5.85. The molecule has 0 radical (unpaired) electrons. The maximum atomic E-state index is 9.20. The van der Waals surface area contributed by atoms with Crippen LogP contribution < -0.4 is 5.32 Å². The first-order valence-corrected chi connectivity index (χ1v) is 10.3. The molecule has 3 aromatic rings. The van der Waals surface area contributed by atoms with Crippen LogP contribution in [0.1, 0.15) is 61.2 Å². The number of hydrogen-bond donors (Lipinski definition) is 1. The van der Waals surface area contributed by atoms with Crippen LogP contribution in [-0.2, 0) is 12.8 Å². The van der Waals surface area contributed by atoms with Crippen molar-refractivity contribution in [1.82, 2.24) is 14.6 Å². The van der Waals surface area contributed by atoms with E-state index < -0.39 is 0 Å². The van der Waals surface area contributed by atoms with Crippen LogP contribution in [0.15, 0.2) is 18.2 Å². The number of halogens is 1. The summed E-state index contributed by atoms with van der Waals surface area (Å²) in [5.41, 5.74) is 8.35. The number of nitrogens with one attached hydrogen (secondary N) is 1. The quantitative estimate of drug-likeness (QED) is 0.613. The molecule has 0 saturated carbocycles. The molecule has 0 aliphatic heterocycles. The summed E-state index contributed by atoms with van der Waals surface area (Å²) < 4.78 is 2.02. The third-order valence-electron chi connectivity index (χ3n) is 5.91. The summed E-state index contributed by atoms with van der Waals surface area (Å²) in [5.74, 6) is 1.12. The molecule has 0 atom stereocenters. The fourth-order valence-corrected chi connectivity index (χ4v) is 4.30. The van der Waals surface area contributed by atoms with Gasteiger partial charge in [-0.15, -0.1) is 12.4 Å². The van der Waals surface area contributed by atoms with Gasteiger partial charge in [0.1, 0.15) is 5.82 Å². The van der Waals surface area contributed by atoms with Crippen LogP contribution in [0.3, 0.4) is 0 Å². The van der Waals surface area contributed by atoms with E-state index >= 15 is 0 Å². The van der Waals surface area contributed by atoms with E-state index in [2.05, 4.69) is 32.2 Å². The molecule has 0 fully saturated rings. The van der Waals surface area contributed by atoms with Gasteiger partial charge in [-0.3, -0.25) is 0 Å². The Kier molecular flexibility index (Phi) is 6.14. The van der Waals surface area contributed by atoms with Crippen LogP contribution in [0, 0.1) is 25.2 Å². The molecule has 1 aliphatic rings. The molecule has 5 nitrogen and oxygen atoms in total. The Balaban J connectivity index is 0.00000240. The van der Waals surface area contributed by atoms with Crippen molar-refractivity contribution < 1.29 is 0 Å². The van der Waals surface area contributed by atoms with Gasteiger partial charge in [0.05, 0.1) is 17.3 Å². The standard InChI is InChI=1S/C23H27N5.ClH/c1-5-17(6-2)25-22-19-8-7-9-20(19)26-23-21(15(4)27-28(22)23)18-11-10-16(13-24)12-14(18)3;/h10-12,17,25H,5-9H2,1-4H3;1H. The van der Waals surface area contributed by atoms with Gasteiger partial charge >= 0.3 is 0 Å². The fourth-order valence-electron chi connectivity index (χ4n) is 4.30. The van der Waals surface area contributed by atoms with Crippen molar-refractivity contribution in [3.8, 4) is 17.2 Å². The van der Waals surface area contributed by atoms with E-state index in [9.17, 15) is 5.26 Å². The molecule has 6 heteroatoms. The predicted molar refractivity (Wildman–Crippen MR) is 120 cm³/mol. The number of aryl methyl sites for hydroxylation is 3. The summed E-state index contributed by atoms with van der Waals surface area (Å²) in [4.78, 5) is 5.05. The lowest BCUT2D eigenvalue weighted by atomic mass is 9.99. The van der Waals surface area contributed by atoms with Crippen LogP contribution in [0.5, 0.6) is 0 Å². The number of nitrogens with zero attached hydrogens (tertiary/aromatic N) is 4. The number of anilines is 1. The first-order valence-electron chi connectivity index (χ1n) is 10.3. The molecule has 1 aromatic carbocycles. The molecule has 0 bridgehead atoms. The Morgan fingerprint density at radius 2 is 1.97 bits per heavy atom. The number of hydrogen-bond acceptors (Lipinski definition) is 4. The summed E-state index contributed by atoms with van der Waals surface area (Å²) in [6, 6.07) is 8.50. The number of aromatic nitrogens is 3. The number of rotatable bonds is 5. The van der Waals surface area contributed by atoms with E-state index in [0.29, 0.717) is 11.6 Å². The van der Waals surface area contributed by atoms with E-state index in [-0.39, 0.29) is 12.4 Å². The number of fused-ring (bicyclic) bond motifs is 2. The molecular formula is C23H28ClN5. The molecule has 4 rings (SSSR count). The van der Waals surface area contributed by atoms with Crippen LogP contribution in [0.2, 0.25) is 0 Å². The lowest BCUT2D eigenvalue weighted by Crippen LogP contribution is -2.21. The third kappa shape index (κ3) is 3.58. The average molecular weight is 410 g/mol. The van der Waals surface area contributed by atoms with Crippen LogP contribution in [0.25, 0.3) is 16.8 Å². The minimum atomic E-state index is 0. The Morgan fingerprint density at radius 1 is 1.21 bits per heavy atom. The zero-order valence-electron chi connectivity index (χ0n) is 17.5. The highest BCUT2D eigenvalue weighted by Gasteiger charge is 2.25. The second-order valence-corrected chi connectivity index (χ2v) is 7.73. The van der Waals surface area contributed by atoms with Gasteiger partial charge < -0.3 is 5.32 Å². The second-order valence-electron chi connectivity index (χ2n) is 7.73. The number of nitriles is 1. The number of benzene rings is 1. The minimum absolute atomic E-state index is 0. The zero-order chi connectivity index (χ0) is 19.8. The molecular weight excluding hydrogens is 382 g/mol. The monoisotopic (exact) mass is 409 g/mol. The van der Waals surface area contributed by atoms with Gasteiger partial charge in [0.25, 0.3) is 0 Å². The minimum Gasteiger partial charge on any atom is -0.367 e. The van der Waals surface area contributed by atoms with Gasteiger partial charge in [-0.05, 0) is 69.2 Å². The Bertz CT molecular complexity index is 1090. The molecule has 2 heterocycles. The molecule has 0 saturated heterocycles. The molecule has 152 valence electrons. The van der Waals surface area contributed by atoms with Gasteiger partial charge in [-0.1, -0.05) is 19.9 Å². The van der Waals surface area contributed by atoms with Gasteiger partial charge in [-0.2, -0.15) is 14.9 Å². The SMILES string of the molecule is CCC(CC)Nc1c2c(nc3c(-c4ccc(C#N)cc4C)c(C)nn13)CCC2.Cl. The molecule has 2 aromatic heterocycles. The molecule has 29 heavy (non-hydrogen) atoms. The van der Waals surface area contributed by atoms with Crippen molar-refractivity contribution in [2.24, 2.45) is 0 Å². The van der Waals surface area contributed by atoms with E-state index in [4.69, 9.17) is 10.1 Å². The van der Waals surface area contributed by atoms with E-state index in [1.807, 2.05) is 29.6 Å². The summed E-state index contributed by atoms with van der Waals surface area (Å²) in [5, 5.41) is 17.9. The summed E-state index contributed by atoms with van der Waals surface area (Å²) in [6.07, 6.45) is 5.40. The van der Waals surface area contributed by atoms with Gasteiger partial charge in [0, 0.05) is 22.9 Å². The molecule has 0 unspecified atom stereocenters. The highest BCUT2D eigenvalue weighted by atomic mass is 35.5. The summed E-state index contributed by atoms with van der Waals surface area (Å²) in [6.45, 7) is 8.54. The normalized spacial score (nSPS) is 12.7. The van der Waals surface area contributed by atoms with Gasteiger partial charge in [0.2, 0.25) is 0 Å². The van der Waals surface area contributed by atoms with Crippen molar-refractivity contribution in [1.29, 1.82) is 5.26 Å². The van der Waals surface area contributed by atoms with E-state index in [1.54, 1.807) is 0 Å². The van der Waals surface area contributed by atoms with Crippen LogP contribution >= 0.6 is 12.4 Å². The van der Waals surface area contributed by atoms with Crippen molar-refractivity contribution in [2.45, 2.75) is 65.8 Å². The molecule has 0 amide bonds. The second kappa shape index (κ2) is 8.42. The molecule has 1 aliphatic carbocycles. The van der Waals surface area contributed by atoms with Crippen LogP contribution in [-0.4, -0.2) is 20.6 Å². The van der Waals surface area contributed by atoms with Gasteiger partial charge in [0.15, 0.2) is 5.65 Å². The smallest absolute Gasteiger partial charge is 0.165 e. The lowest BCUT2D eigenvalue weighted by molar-refractivity contribution is 0.661. The Morgan fingerprint density at radius 3 is 2.62 bits per heavy atom. The molecule has 0 spiro atoms. The topological polar surface area (TPSA) is 66.0 Å². The summed E-state index contributed by atoms with van der Waals surface area (Å²) >= 11 is 0. The zero-order valence-corrected chi connectivity index (χ0v) is 18.4. The average Bonchev–Trinajstić information content (AvgIpc) is 3.29. The van der Waals surface area contributed by atoms with Crippen molar-refractivity contribution >= 4 is 23.9 Å². The largest absolute Gasteiger partial charge is 0.367 e. The van der Waals surface area contributed by atoms with Crippen molar-refractivity contribution in [3.05, 3.63) is 46.3 Å². The Hall–Kier alpha value is -2.58. The first kappa shape index (κ1) is 21.1. The van der Waals surface area contributed by atoms with Crippen LogP contribution in [0.4, 0.5) is 5.82 Å². The van der Waals surface area contributed by atoms with Crippen molar-refractivity contribution in [2.75, 3.05) is 5.32 Å². The maximum absolute atomic E-state index is 9.20. The van der Waals surface area contributed by atoms with Gasteiger partial charge in [-0.25, -0.2) is 4.98 Å².